The normalized spacial score (nSPS) is 22.8. The van der Waals surface area contributed by atoms with Crippen molar-refractivity contribution in [1.82, 2.24) is 10.2 Å². The number of hydrogen-bond acceptors (Lipinski definition) is 7. The van der Waals surface area contributed by atoms with Crippen molar-refractivity contribution in [3.05, 3.63) is 11.5 Å². The number of aliphatic carboxylic acids is 1. The summed E-state index contributed by atoms with van der Waals surface area (Å²) in [6.45, 7) is 2.05. The van der Waals surface area contributed by atoms with Crippen molar-refractivity contribution >= 4 is 41.3 Å². The standard InChI is InChI=1S/C13H15N3O5S2/c1-2-21-7-5-23-12-9(15-8(17)6-22-4-3-14)11(18)16(12)10(7)13(19)20/h9,12H,2,4-6H2,1H3,(H,15,17)(H,19,20)/t9?,12-/m1/s1. The molecule has 0 saturated carbocycles. The highest BCUT2D eigenvalue weighted by Crippen LogP contribution is 2.40. The number of fused-ring (bicyclic) bond motifs is 1. The van der Waals surface area contributed by atoms with Crippen LogP contribution in [0.1, 0.15) is 6.92 Å². The minimum Gasteiger partial charge on any atom is -0.495 e. The number of amides is 2. The Labute approximate surface area is 141 Å². The SMILES string of the molecule is CCOC1=C(C(=O)O)N2C(=O)C(NC(=O)CSCC#N)[C@H]2SC1. The number of nitriles is 1. The molecule has 23 heavy (non-hydrogen) atoms. The number of nitrogens with one attached hydrogen (secondary N) is 1. The molecule has 2 N–H and O–H groups in total. The molecule has 0 bridgehead atoms. The van der Waals surface area contributed by atoms with Gasteiger partial charge in [0.1, 0.15) is 17.2 Å². The van der Waals surface area contributed by atoms with Gasteiger partial charge in [0.05, 0.1) is 29.9 Å². The van der Waals surface area contributed by atoms with Crippen molar-refractivity contribution in [2.75, 3.05) is 23.9 Å². The summed E-state index contributed by atoms with van der Waals surface area (Å²) in [7, 11) is 0. The van der Waals surface area contributed by atoms with Gasteiger partial charge in [0.2, 0.25) is 5.91 Å². The first kappa shape index (κ1) is 17.5. The molecule has 0 aromatic carbocycles. The maximum Gasteiger partial charge on any atom is 0.356 e. The van der Waals surface area contributed by atoms with Crippen LogP contribution < -0.4 is 5.32 Å². The lowest BCUT2D eigenvalue weighted by atomic mass is 10.0. The van der Waals surface area contributed by atoms with Crippen LogP contribution in [-0.4, -0.2) is 63.1 Å². The zero-order chi connectivity index (χ0) is 17.0. The largest absolute Gasteiger partial charge is 0.495 e. The molecule has 1 fully saturated rings. The van der Waals surface area contributed by atoms with Crippen molar-refractivity contribution in [3.8, 4) is 6.07 Å². The molecule has 0 radical (unpaired) electrons. The van der Waals surface area contributed by atoms with Gasteiger partial charge in [0, 0.05) is 0 Å². The Kier molecular flexibility index (Phi) is 5.79. The molecular formula is C13H15N3O5S2. The maximum absolute atomic E-state index is 12.2. The highest BCUT2D eigenvalue weighted by molar-refractivity contribution is 8.00. The summed E-state index contributed by atoms with van der Waals surface area (Å²) in [4.78, 5) is 36.5. The van der Waals surface area contributed by atoms with Gasteiger partial charge in [0.15, 0.2) is 5.70 Å². The number of rotatable bonds is 7. The van der Waals surface area contributed by atoms with Gasteiger partial charge in [-0.1, -0.05) is 0 Å². The van der Waals surface area contributed by atoms with Gasteiger partial charge in [-0.25, -0.2) is 4.79 Å². The number of carbonyl (C=O) groups is 3. The summed E-state index contributed by atoms with van der Waals surface area (Å²) < 4.78 is 5.30. The van der Waals surface area contributed by atoms with Crippen molar-refractivity contribution in [1.29, 1.82) is 5.26 Å². The van der Waals surface area contributed by atoms with Gasteiger partial charge in [-0.3, -0.25) is 14.5 Å². The molecule has 2 heterocycles. The molecule has 2 aliphatic heterocycles. The molecule has 0 aromatic rings. The van der Waals surface area contributed by atoms with E-state index in [0.717, 1.165) is 16.7 Å². The fourth-order valence-electron chi connectivity index (χ4n) is 2.28. The molecule has 0 aromatic heterocycles. The van der Waals surface area contributed by atoms with Crippen molar-refractivity contribution < 1.29 is 24.2 Å². The van der Waals surface area contributed by atoms with E-state index in [1.54, 1.807) is 6.92 Å². The summed E-state index contributed by atoms with van der Waals surface area (Å²) >= 11 is 2.50. The molecule has 2 rings (SSSR count). The highest BCUT2D eigenvalue weighted by Gasteiger charge is 2.54. The number of ether oxygens (including phenoxy) is 1. The number of thioether (sulfide) groups is 2. The monoisotopic (exact) mass is 357 g/mol. The number of carboxylic acid groups (broad SMARTS) is 1. The van der Waals surface area contributed by atoms with E-state index in [9.17, 15) is 19.5 Å². The summed E-state index contributed by atoms with van der Waals surface area (Å²) in [6, 6.07) is 1.17. The van der Waals surface area contributed by atoms with Crippen LogP contribution in [0.5, 0.6) is 0 Å². The molecule has 0 aliphatic carbocycles. The summed E-state index contributed by atoms with van der Waals surface area (Å²) in [6.07, 6.45) is 0. The first-order valence-electron chi connectivity index (χ1n) is 6.79. The third-order valence-electron chi connectivity index (χ3n) is 3.17. The highest BCUT2D eigenvalue weighted by atomic mass is 32.2. The van der Waals surface area contributed by atoms with E-state index < -0.39 is 23.3 Å². The fourth-order valence-corrected chi connectivity index (χ4v) is 4.02. The van der Waals surface area contributed by atoms with E-state index in [4.69, 9.17) is 10.00 Å². The van der Waals surface area contributed by atoms with E-state index in [1.165, 1.54) is 11.8 Å². The van der Waals surface area contributed by atoms with Gasteiger partial charge in [-0.05, 0) is 6.92 Å². The van der Waals surface area contributed by atoms with Crippen LogP contribution in [0.25, 0.3) is 0 Å². The van der Waals surface area contributed by atoms with Crippen LogP contribution in [0, 0.1) is 11.3 Å². The topological polar surface area (TPSA) is 120 Å². The van der Waals surface area contributed by atoms with Gasteiger partial charge in [-0.2, -0.15) is 5.26 Å². The van der Waals surface area contributed by atoms with Crippen molar-refractivity contribution in [3.63, 3.8) is 0 Å². The van der Waals surface area contributed by atoms with E-state index >= 15 is 0 Å². The molecule has 1 unspecified atom stereocenters. The Balaban J connectivity index is 2.04. The predicted molar refractivity (Wildman–Crippen MR) is 84.2 cm³/mol. The molecule has 124 valence electrons. The van der Waals surface area contributed by atoms with Crippen LogP contribution in [-0.2, 0) is 19.1 Å². The summed E-state index contributed by atoms with van der Waals surface area (Å²) in [5, 5.41) is 19.9. The third kappa shape index (κ3) is 3.56. The lowest BCUT2D eigenvalue weighted by Gasteiger charge is -2.49. The molecule has 2 atom stereocenters. The minimum atomic E-state index is -1.22. The van der Waals surface area contributed by atoms with Gasteiger partial charge in [0.25, 0.3) is 5.91 Å². The molecular weight excluding hydrogens is 342 g/mol. The first-order chi connectivity index (χ1) is 11.0. The van der Waals surface area contributed by atoms with Crippen LogP contribution in [0.15, 0.2) is 11.5 Å². The number of nitrogens with zero attached hydrogens (tertiary/aromatic N) is 2. The number of carbonyl (C=O) groups excluding carboxylic acids is 2. The Morgan fingerprint density at radius 2 is 2.35 bits per heavy atom. The Morgan fingerprint density at radius 3 is 2.96 bits per heavy atom. The minimum absolute atomic E-state index is 0.0839. The van der Waals surface area contributed by atoms with Crippen molar-refractivity contribution in [2.24, 2.45) is 0 Å². The lowest BCUT2D eigenvalue weighted by Crippen LogP contribution is -2.70. The zero-order valence-electron chi connectivity index (χ0n) is 12.3. The van der Waals surface area contributed by atoms with E-state index in [1.807, 2.05) is 6.07 Å². The van der Waals surface area contributed by atoms with Gasteiger partial charge < -0.3 is 15.2 Å². The van der Waals surface area contributed by atoms with E-state index in [2.05, 4.69) is 5.32 Å². The van der Waals surface area contributed by atoms with Crippen LogP contribution in [0.3, 0.4) is 0 Å². The maximum atomic E-state index is 12.2. The Hall–Kier alpha value is -1.86. The second kappa shape index (κ2) is 7.61. The molecule has 10 heteroatoms. The third-order valence-corrected chi connectivity index (χ3v) is 5.22. The number of carboxylic acids is 1. The molecule has 1 saturated heterocycles. The van der Waals surface area contributed by atoms with E-state index in [0.29, 0.717) is 12.4 Å². The fraction of sp³-hybridized carbons (Fsp3) is 0.538. The average molecular weight is 357 g/mol. The second-order valence-electron chi connectivity index (χ2n) is 4.62. The van der Waals surface area contributed by atoms with Crippen LogP contribution in [0.4, 0.5) is 0 Å². The van der Waals surface area contributed by atoms with Gasteiger partial charge in [-0.15, -0.1) is 23.5 Å². The van der Waals surface area contributed by atoms with E-state index in [-0.39, 0.29) is 28.9 Å². The predicted octanol–water partition coefficient (Wildman–Crippen LogP) is -0.0242. The van der Waals surface area contributed by atoms with Crippen LogP contribution in [0.2, 0.25) is 0 Å². The Morgan fingerprint density at radius 1 is 1.61 bits per heavy atom. The molecule has 2 aliphatic rings. The molecule has 0 spiro atoms. The molecule has 8 nitrogen and oxygen atoms in total. The quantitative estimate of drug-likeness (QED) is 0.482. The second-order valence-corrected chi connectivity index (χ2v) is 6.71. The Bertz CT molecular complexity index is 601. The molecule has 2 amide bonds. The van der Waals surface area contributed by atoms with Gasteiger partial charge >= 0.3 is 5.97 Å². The zero-order valence-corrected chi connectivity index (χ0v) is 13.9. The number of β-lactam (4-membered cyclic amide) rings is 1. The summed E-state index contributed by atoms with van der Waals surface area (Å²) in [5.41, 5.74) is -0.148. The average Bonchev–Trinajstić information content (AvgIpc) is 2.52. The van der Waals surface area contributed by atoms with Crippen LogP contribution >= 0.6 is 23.5 Å². The first-order valence-corrected chi connectivity index (χ1v) is 8.99. The number of hydrogen-bond donors (Lipinski definition) is 2. The lowest BCUT2D eigenvalue weighted by molar-refractivity contribution is -0.151. The smallest absolute Gasteiger partial charge is 0.356 e. The van der Waals surface area contributed by atoms with Crippen molar-refractivity contribution in [2.45, 2.75) is 18.3 Å². The summed E-state index contributed by atoms with van der Waals surface area (Å²) in [5.74, 6) is -1.15.